The van der Waals surface area contributed by atoms with Gasteiger partial charge in [0, 0.05) is 5.56 Å². The van der Waals surface area contributed by atoms with Crippen molar-refractivity contribution in [2.75, 3.05) is 11.6 Å². The maximum absolute atomic E-state index is 13.5. The molecule has 0 unspecified atom stereocenters. The van der Waals surface area contributed by atoms with E-state index in [2.05, 4.69) is 5.10 Å². The third kappa shape index (κ3) is 2.05. The largest absolute Gasteiger partial charge is 0.368 e. The van der Waals surface area contributed by atoms with Gasteiger partial charge in [-0.15, -0.1) is 0 Å². The third-order valence-corrected chi connectivity index (χ3v) is 2.15. The predicted octanol–water partition coefficient (Wildman–Crippen LogP) is 0.479. The predicted molar refractivity (Wildman–Crippen MR) is 54.4 cm³/mol. The second-order valence-electron chi connectivity index (χ2n) is 3.20. The first-order chi connectivity index (χ1) is 7.22. The second kappa shape index (κ2) is 3.84. The summed E-state index contributed by atoms with van der Waals surface area (Å²) in [7, 11) is 0. The van der Waals surface area contributed by atoms with E-state index in [9.17, 15) is 4.39 Å². The maximum atomic E-state index is 13.5. The number of anilines is 1. The summed E-state index contributed by atoms with van der Waals surface area (Å²) < 4.78 is 18.5. The Morgan fingerprint density at radius 3 is 2.87 bits per heavy atom. The molecule has 0 radical (unpaired) electrons. The molecule has 0 spiro atoms. The van der Waals surface area contributed by atoms with Crippen LogP contribution in [0.5, 0.6) is 0 Å². The van der Waals surface area contributed by atoms with Gasteiger partial charge in [-0.1, -0.05) is 6.07 Å². The Hall–Kier alpha value is -1.66. The van der Waals surface area contributed by atoms with Crippen LogP contribution in [0, 0.1) is 5.82 Å². The van der Waals surface area contributed by atoms with Gasteiger partial charge in [-0.25, -0.2) is 10.2 Å². The van der Waals surface area contributed by atoms with Gasteiger partial charge in [0.05, 0.1) is 12.3 Å². The molecule has 1 saturated heterocycles. The van der Waals surface area contributed by atoms with Crippen LogP contribution >= 0.6 is 0 Å². The number of hydrazone groups is 1. The van der Waals surface area contributed by atoms with Crippen LogP contribution in [0.4, 0.5) is 10.1 Å². The summed E-state index contributed by atoms with van der Waals surface area (Å²) in [6.07, 6.45) is 1.09. The Labute approximate surface area is 86.1 Å². The van der Waals surface area contributed by atoms with Crippen molar-refractivity contribution in [3.8, 4) is 0 Å². The summed E-state index contributed by atoms with van der Waals surface area (Å²) in [5, 5.41) is 4.38. The number of hydrogen-bond donors (Lipinski definition) is 2. The number of hydrogen-bond acceptors (Lipinski definition) is 4. The zero-order chi connectivity index (χ0) is 10.8. The summed E-state index contributed by atoms with van der Waals surface area (Å²) in [5.41, 5.74) is 1.03. The van der Waals surface area contributed by atoms with Crippen LogP contribution in [-0.2, 0) is 4.74 Å². The number of ether oxygens (including phenoxy) is 1. The zero-order valence-corrected chi connectivity index (χ0v) is 7.93. The van der Waals surface area contributed by atoms with E-state index in [-0.39, 0.29) is 11.9 Å². The van der Waals surface area contributed by atoms with Gasteiger partial charge in [-0.3, -0.25) is 5.01 Å². The number of benzene rings is 1. The van der Waals surface area contributed by atoms with Crippen LogP contribution in [0.1, 0.15) is 11.7 Å². The highest BCUT2D eigenvalue weighted by atomic mass is 19.1. The fourth-order valence-electron chi connectivity index (χ4n) is 1.30. The second-order valence-corrected chi connectivity index (χ2v) is 3.20. The average Bonchev–Trinajstić information content (AvgIpc) is 3.01. The monoisotopic (exact) mass is 210 g/mol. The van der Waals surface area contributed by atoms with Gasteiger partial charge in [0.1, 0.15) is 18.3 Å². The lowest BCUT2D eigenvalue weighted by atomic mass is 10.1. The van der Waals surface area contributed by atoms with E-state index in [0.717, 1.165) is 5.01 Å². The van der Waals surface area contributed by atoms with Crippen molar-refractivity contribution in [3.63, 3.8) is 0 Å². The summed E-state index contributed by atoms with van der Waals surface area (Å²) >= 11 is 0. The molecule has 1 heterocycles. The molecule has 0 aliphatic carbocycles. The van der Waals surface area contributed by atoms with E-state index in [4.69, 9.17) is 16.4 Å². The van der Waals surface area contributed by atoms with Crippen LogP contribution in [0.2, 0.25) is 0 Å². The quantitative estimate of drug-likeness (QED) is 0.250. The third-order valence-electron chi connectivity index (χ3n) is 2.15. The maximum Gasteiger partial charge on any atom is 0.131 e. The molecule has 0 saturated carbocycles. The van der Waals surface area contributed by atoms with E-state index < -0.39 is 0 Å². The number of nitrogens with zero attached hydrogens (tertiary/aromatic N) is 2. The highest BCUT2D eigenvalue weighted by Gasteiger charge is 2.27. The van der Waals surface area contributed by atoms with E-state index >= 15 is 0 Å². The molecule has 4 N–H and O–H groups in total. The minimum absolute atomic E-state index is 0.103. The van der Waals surface area contributed by atoms with E-state index in [1.807, 2.05) is 0 Å². The van der Waals surface area contributed by atoms with Crippen molar-refractivity contribution >= 4 is 12.0 Å². The number of epoxide rings is 1. The van der Waals surface area contributed by atoms with Gasteiger partial charge < -0.3 is 10.6 Å². The first-order valence-corrected chi connectivity index (χ1v) is 4.40. The average molecular weight is 210 g/mol. The zero-order valence-electron chi connectivity index (χ0n) is 7.93. The van der Waals surface area contributed by atoms with E-state index in [1.165, 1.54) is 12.4 Å². The Balaban J connectivity index is 2.24. The number of halogens is 1. The molecule has 0 amide bonds. The number of hydrazine groups is 1. The van der Waals surface area contributed by atoms with Crippen molar-refractivity contribution in [1.82, 2.24) is 0 Å². The lowest BCUT2D eigenvalue weighted by molar-refractivity contribution is 0.408. The summed E-state index contributed by atoms with van der Waals surface area (Å²) in [5.74, 6) is 10.1. The van der Waals surface area contributed by atoms with Gasteiger partial charge in [0.2, 0.25) is 0 Å². The standard InChI is InChI=1S/C9H11FN4O/c10-8-3-6(14(12)5-13-11)1-2-7(8)9-4-15-9/h1-3,5,9H,4,11-12H2/b13-5-/t9-/m1/s1. The highest BCUT2D eigenvalue weighted by Crippen LogP contribution is 2.32. The molecule has 6 heteroatoms. The minimum atomic E-state index is -0.337. The lowest BCUT2D eigenvalue weighted by Crippen LogP contribution is -2.29. The minimum Gasteiger partial charge on any atom is -0.368 e. The number of nitrogens with two attached hydrogens (primary N) is 2. The Kier molecular flexibility index (Phi) is 2.53. The molecule has 5 nitrogen and oxygen atoms in total. The molecule has 1 fully saturated rings. The fraction of sp³-hybridized carbons (Fsp3) is 0.222. The van der Waals surface area contributed by atoms with E-state index in [1.54, 1.807) is 12.1 Å². The Morgan fingerprint density at radius 1 is 1.60 bits per heavy atom. The molecular weight excluding hydrogens is 199 g/mol. The topological polar surface area (TPSA) is 80.2 Å². The van der Waals surface area contributed by atoms with Crippen LogP contribution in [0.15, 0.2) is 23.3 Å². The lowest BCUT2D eigenvalue weighted by Gasteiger charge is -2.12. The van der Waals surface area contributed by atoms with Crippen LogP contribution < -0.4 is 16.7 Å². The van der Waals surface area contributed by atoms with Crippen LogP contribution in [-0.4, -0.2) is 12.9 Å². The first kappa shape index (κ1) is 9.88. The molecule has 2 rings (SSSR count). The van der Waals surface area contributed by atoms with Gasteiger partial charge >= 0.3 is 0 Å². The van der Waals surface area contributed by atoms with Crippen molar-refractivity contribution in [2.24, 2.45) is 16.8 Å². The van der Waals surface area contributed by atoms with Crippen LogP contribution in [0.3, 0.4) is 0 Å². The highest BCUT2D eigenvalue weighted by molar-refractivity contribution is 5.77. The van der Waals surface area contributed by atoms with Crippen molar-refractivity contribution in [2.45, 2.75) is 6.10 Å². The smallest absolute Gasteiger partial charge is 0.131 e. The molecular formula is C9H11FN4O. The van der Waals surface area contributed by atoms with Crippen molar-refractivity contribution < 1.29 is 9.13 Å². The van der Waals surface area contributed by atoms with Gasteiger partial charge in [-0.2, -0.15) is 5.10 Å². The summed E-state index contributed by atoms with van der Waals surface area (Å²) in [4.78, 5) is 0. The Bertz CT molecular complexity index is 392. The number of rotatable bonds is 3. The molecule has 1 aromatic rings. The molecule has 1 aliphatic heterocycles. The molecule has 80 valence electrons. The molecule has 0 bridgehead atoms. The molecule has 15 heavy (non-hydrogen) atoms. The molecule has 1 aliphatic rings. The Morgan fingerprint density at radius 2 is 2.33 bits per heavy atom. The first-order valence-electron chi connectivity index (χ1n) is 4.40. The van der Waals surface area contributed by atoms with Crippen molar-refractivity contribution in [3.05, 3.63) is 29.6 Å². The molecule has 1 atom stereocenters. The molecule has 1 aromatic carbocycles. The van der Waals surface area contributed by atoms with Crippen molar-refractivity contribution in [1.29, 1.82) is 0 Å². The van der Waals surface area contributed by atoms with E-state index in [0.29, 0.717) is 17.9 Å². The van der Waals surface area contributed by atoms with Gasteiger partial charge in [0.25, 0.3) is 0 Å². The van der Waals surface area contributed by atoms with Gasteiger partial charge in [-0.05, 0) is 12.1 Å². The summed E-state index contributed by atoms with van der Waals surface area (Å²) in [6, 6.07) is 4.65. The normalized spacial score (nSPS) is 19.5. The molecule has 0 aromatic heterocycles. The fourth-order valence-corrected chi connectivity index (χ4v) is 1.30. The SMILES string of the molecule is N/N=C\N(N)c1ccc([C@H]2CO2)c(F)c1. The van der Waals surface area contributed by atoms with Gasteiger partial charge in [0.15, 0.2) is 0 Å². The summed E-state index contributed by atoms with van der Waals surface area (Å²) in [6.45, 7) is 0.576. The van der Waals surface area contributed by atoms with Crippen LogP contribution in [0.25, 0.3) is 0 Å².